The molecular formula is C28H28O11. The van der Waals surface area contributed by atoms with Gasteiger partial charge in [0, 0.05) is 24.8 Å². The van der Waals surface area contributed by atoms with Crippen LogP contribution in [0.3, 0.4) is 0 Å². The topological polar surface area (TPSA) is 153 Å². The number of phenolic OH excluding ortho intramolecular Hbond substituents is 3. The number of ether oxygens (including phenoxy) is 6. The van der Waals surface area contributed by atoms with Crippen molar-refractivity contribution in [3.63, 3.8) is 0 Å². The molecule has 0 saturated carbocycles. The third-order valence-electron chi connectivity index (χ3n) is 5.91. The van der Waals surface area contributed by atoms with Crippen molar-refractivity contribution in [3.05, 3.63) is 65.2 Å². The first-order valence-corrected chi connectivity index (χ1v) is 11.7. The van der Waals surface area contributed by atoms with Crippen LogP contribution in [-0.2, 0) is 4.74 Å². The van der Waals surface area contributed by atoms with Gasteiger partial charge in [0.25, 0.3) is 0 Å². The van der Waals surface area contributed by atoms with Crippen molar-refractivity contribution in [2.24, 2.45) is 0 Å². The van der Waals surface area contributed by atoms with Crippen LogP contribution in [0.25, 0.3) is 6.08 Å². The predicted molar refractivity (Wildman–Crippen MR) is 138 cm³/mol. The molecule has 2 atom stereocenters. The maximum atomic E-state index is 12.7. The minimum Gasteiger partial charge on any atom is -0.508 e. The number of hydrogen-bond donors (Lipinski definition) is 4. The molecule has 0 fully saturated rings. The van der Waals surface area contributed by atoms with E-state index in [0.29, 0.717) is 34.1 Å². The van der Waals surface area contributed by atoms with Gasteiger partial charge in [-0.25, -0.2) is 0 Å². The smallest absolute Gasteiger partial charge is 0.204 e. The Morgan fingerprint density at radius 3 is 2.28 bits per heavy atom. The number of rotatable bonds is 10. The van der Waals surface area contributed by atoms with Crippen LogP contribution in [0.4, 0.5) is 0 Å². The molecule has 0 spiro atoms. The normalized spacial score (nSPS) is 16.2. The minimum atomic E-state index is -0.773. The Morgan fingerprint density at radius 1 is 0.923 bits per heavy atom. The predicted octanol–water partition coefficient (Wildman–Crippen LogP) is 3.57. The molecule has 3 aromatic carbocycles. The first-order chi connectivity index (χ1) is 18.8. The maximum Gasteiger partial charge on any atom is 0.204 e. The summed E-state index contributed by atoms with van der Waals surface area (Å²) in [6.07, 6.45) is 1.08. The maximum absolute atomic E-state index is 12.7. The number of phenols is 3. The van der Waals surface area contributed by atoms with E-state index in [1.54, 1.807) is 30.3 Å². The summed E-state index contributed by atoms with van der Waals surface area (Å²) in [4.78, 5) is 12.7. The molecule has 1 aliphatic heterocycles. The summed E-state index contributed by atoms with van der Waals surface area (Å²) < 4.78 is 33.7. The van der Waals surface area contributed by atoms with Crippen molar-refractivity contribution in [1.82, 2.24) is 0 Å². The van der Waals surface area contributed by atoms with Crippen LogP contribution < -0.4 is 23.7 Å². The molecule has 0 aliphatic carbocycles. The average Bonchev–Trinajstić information content (AvgIpc) is 2.93. The number of hydrogen-bond acceptors (Lipinski definition) is 11. The van der Waals surface area contributed by atoms with Crippen LogP contribution in [0.2, 0.25) is 0 Å². The highest BCUT2D eigenvalue weighted by Gasteiger charge is 2.35. The van der Waals surface area contributed by atoms with Gasteiger partial charge in [0.2, 0.25) is 5.75 Å². The highest BCUT2D eigenvalue weighted by atomic mass is 16.7. The largest absolute Gasteiger partial charge is 0.508 e. The van der Waals surface area contributed by atoms with Crippen LogP contribution >= 0.6 is 0 Å². The number of carbonyl (C=O) groups excluding carboxylic acids is 1. The van der Waals surface area contributed by atoms with Crippen molar-refractivity contribution < 1.29 is 53.6 Å². The third-order valence-corrected chi connectivity index (χ3v) is 5.91. The molecule has 206 valence electrons. The van der Waals surface area contributed by atoms with Gasteiger partial charge in [-0.15, -0.1) is 0 Å². The second-order valence-corrected chi connectivity index (χ2v) is 8.45. The minimum absolute atomic E-state index is 0.0377. The summed E-state index contributed by atoms with van der Waals surface area (Å²) >= 11 is 0. The number of benzene rings is 3. The van der Waals surface area contributed by atoms with Crippen LogP contribution in [0.1, 0.15) is 27.6 Å². The molecule has 4 N–H and O–H groups in total. The van der Waals surface area contributed by atoms with Gasteiger partial charge in [-0.3, -0.25) is 4.79 Å². The Kier molecular flexibility index (Phi) is 8.33. The Balaban J connectivity index is 1.65. The van der Waals surface area contributed by atoms with Gasteiger partial charge in [-0.1, -0.05) is 12.1 Å². The van der Waals surface area contributed by atoms with E-state index in [-0.39, 0.29) is 30.5 Å². The van der Waals surface area contributed by atoms with Gasteiger partial charge in [0.05, 0.1) is 20.8 Å². The van der Waals surface area contributed by atoms with Crippen LogP contribution in [-0.4, -0.2) is 67.0 Å². The van der Waals surface area contributed by atoms with E-state index < -0.39 is 29.5 Å². The molecule has 4 rings (SSSR count). The number of allylic oxidation sites excluding steroid dienone is 1. The number of aromatic hydroxyl groups is 3. The second-order valence-electron chi connectivity index (χ2n) is 8.45. The third kappa shape index (κ3) is 5.79. The van der Waals surface area contributed by atoms with Crippen molar-refractivity contribution in [2.75, 3.05) is 34.7 Å². The Morgan fingerprint density at radius 2 is 1.64 bits per heavy atom. The SMILES string of the molecule is COCOc1ccc(C2Oc3cc(C=CC(=O)c4c(O)cc(O)cc4O)cc(OC)c3OC2CO)cc1OC. The van der Waals surface area contributed by atoms with Crippen LogP contribution in [0, 0.1) is 0 Å². The summed E-state index contributed by atoms with van der Waals surface area (Å²) in [5.74, 6) is -0.431. The lowest BCUT2D eigenvalue weighted by molar-refractivity contribution is -0.0142. The Bertz CT molecular complexity index is 1360. The number of ketones is 1. The second kappa shape index (κ2) is 11.8. The van der Waals surface area contributed by atoms with E-state index in [1.807, 2.05) is 0 Å². The fraction of sp³-hybridized carbons (Fsp3) is 0.250. The van der Waals surface area contributed by atoms with Gasteiger partial charge in [-0.2, -0.15) is 0 Å². The number of carbonyl (C=O) groups is 1. The summed E-state index contributed by atoms with van der Waals surface area (Å²) in [5, 5.41) is 39.5. The van der Waals surface area contributed by atoms with Crippen molar-refractivity contribution in [3.8, 4) is 46.0 Å². The summed E-state index contributed by atoms with van der Waals surface area (Å²) in [5.41, 5.74) is 0.781. The first-order valence-electron chi connectivity index (χ1n) is 11.7. The number of aliphatic hydroxyl groups is 1. The van der Waals surface area contributed by atoms with Crippen LogP contribution in [0.5, 0.6) is 46.0 Å². The number of methoxy groups -OCH3 is 3. The molecule has 2 unspecified atom stereocenters. The highest BCUT2D eigenvalue weighted by molar-refractivity contribution is 6.10. The number of aliphatic hydroxyl groups excluding tert-OH is 1. The summed E-state index contributed by atoms with van der Waals surface area (Å²) in [7, 11) is 4.44. The van der Waals surface area contributed by atoms with E-state index in [2.05, 4.69) is 0 Å². The van der Waals surface area contributed by atoms with E-state index in [0.717, 1.165) is 18.2 Å². The summed E-state index contributed by atoms with van der Waals surface area (Å²) in [6.45, 7) is -0.316. The molecular weight excluding hydrogens is 512 g/mol. The molecule has 0 radical (unpaired) electrons. The van der Waals surface area contributed by atoms with Crippen LogP contribution in [0.15, 0.2) is 48.5 Å². The molecule has 0 bridgehead atoms. The van der Waals surface area contributed by atoms with Gasteiger partial charge in [0.15, 0.2) is 47.8 Å². The molecule has 11 heteroatoms. The zero-order chi connectivity index (χ0) is 28.1. The molecule has 0 aromatic heterocycles. The van der Waals surface area contributed by atoms with Crippen molar-refractivity contribution >= 4 is 11.9 Å². The first kappa shape index (κ1) is 27.4. The molecule has 11 nitrogen and oxygen atoms in total. The van der Waals surface area contributed by atoms with E-state index >= 15 is 0 Å². The Hall–Kier alpha value is -4.61. The highest BCUT2D eigenvalue weighted by Crippen LogP contribution is 2.47. The Labute approximate surface area is 224 Å². The monoisotopic (exact) mass is 540 g/mol. The summed E-state index contributed by atoms with van der Waals surface area (Å²) in [6, 6.07) is 10.3. The zero-order valence-corrected chi connectivity index (χ0v) is 21.4. The molecule has 1 aliphatic rings. The molecule has 0 amide bonds. The van der Waals surface area contributed by atoms with Crippen molar-refractivity contribution in [1.29, 1.82) is 0 Å². The fourth-order valence-electron chi connectivity index (χ4n) is 4.10. The number of fused-ring (bicyclic) bond motifs is 1. The van der Waals surface area contributed by atoms with E-state index in [4.69, 9.17) is 28.4 Å². The standard InChI is InChI=1S/C28H28O11/c1-34-14-37-21-7-5-16(10-22(21)35-2)27-25(13-29)39-28-23(36-3)8-15(9-24(28)38-27)4-6-18(31)26-19(32)11-17(30)12-20(26)33/h4-12,25,27,29-30,32-33H,13-14H2,1-3H3. The van der Waals surface area contributed by atoms with Crippen molar-refractivity contribution in [2.45, 2.75) is 12.2 Å². The van der Waals surface area contributed by atoms with E-state index in [1.165, 1.54) is 27.4 Å². The fourth-order valence-corrected chi connectivity index (χ4v) is 4.10. The zero-order valence-electron chi connectivity index (χ0n) is 21.4. The lowest BCUT2D eigenvalue weighted by Gasteiger charge is -2.34. The quantitative estimate of drug-likeness (QED) is 0.170. The molecule has 39 heavy (non-hydrogen) atoms. The van der Waals surface area contributed by atoms with Gasteiger partial charge < -0.3 is 48.8 Å². The molecule has 0 saturated heterocycles. The van der Waals surface area contributed by atoms with Gasteiger partial charge in [0.1, 0.15) is 22.8 Å². The lowest BCUT2D eigenvalue weighted by Crippen LogP contribution is -2.36. The molecule has 3 aromatic rings. The van der Waals surface area contributed by atoms with E-state index in [9.17, 15) is 25.2 Å². The van der Waals surface area contributed by atoms with Gasteiger partial charge >= 0.3 is 0 Å². The van der Waals surface area contributed by atoms with Gasteiger partial charge in [-0.05, 0) is 35.9 Å². The lowest BCUT2D eigenvalue weighted by atomic mass is 10.0. The average molecular weight is 541 g/mol. The molecule has 1 heterocycles.